The highest BCUT2D eigenvalue weighted by atomic mass is 16.1. The molecule has 2 aromatic carbocycles. The number of ketones is 1. The Morgan fingerprint density at radius 2 is 0.842 bits per heavy atom. The van der Waals surface area contributed by atoms with Crippen molar-refractivity contribution in [1.29, 1.82) is 0 Å². The number of rotatable bonds is 2. The first kappa shape index (κ1) is 22.9. The van der Waals surface area contributed by atoms with Crippen LogP contribution in [0.5, 0.6) is 0 Å². The van der Waals surface area contributed by atoms with E-state index in [0.29, 0.717) is 17.6 Å². The highest BCUT2D eigenvalue weighted by Gasteiger charge is 2.69. The molecule has 7 aliphatic carbocycles. The van der Waals surface area contributed by atoms with Gasteiger partial charge < -0.3 is 0 Å². The number of carbonyl (C=O) groups excluding carboxylic acids is 1. The van der Waals surface area contributed by atoms with Crippen LogP contribution < -0.4 is 0 Å². The van der Waals surface area contributed by atoms with Crippen LogP contribution in [0.3, 0.4) is 0 Å². The summed E-state index contributed by atoms with van der Waals surface area (Å²) in [5.74, 6) is 11.6. The molecule has 198 valence electrons. The van der Waals surface area contributed by atoms with Gasteiger partial charge in [-0.15, -0.1) is 0 Å². The minimum Gasteiger partial charge on any atom is -0.298 e. The van der Waals surface area contributed by atoms with Crippen LogP contribution in [0.2, 0.25) is 0 Å². The summed E-state index contributed by atoms with van der Waals surface area (Å²) in [6.07, 6.45) is 15.0. The third-order valence-electron chi connectivity index (χ3n) is 14.1. The summed E-state index contributed by atoms with van der Waals surface area (Å²) in [5, 5.41) is 0. The van der Waals surface area contributed by atoms with Crippen molar-refractivity contribution in [2.45, 2.75) is 76.0 Å². The van der Waals surface area contributed by atoms with Gasteiger partial charge in [0, 0.05) is 11.8 Å². The molecule has 1 nitrogen and oxygen atoms in total. The lowest BCUT2D eigenvalue weighted by Gasteiger charge is -2.64. The highest BCUT2D eigenvalue weighted by molar-refractivity contribution is 5.95. The second kappa shape index (κ2) is 8.55. The third kappa shape index (κ3) is 2.98. The fraction of sp³-hybridized carbons (Fsp3) is 0.649. The summed E-state index contributed by atoms with van der Waals surface area (Å²) >= 11 is 0. The van der Waals surface area contributed by atoms with Crippen LogP contribution in [0, 0.1) is 71.0 Å². The Kier molecular flexibility index (Phi) is 5.15. The molecule has 0 spiro atoms. The van der Waals surface area contributed by atoms with Crippen molar-refractivity contribution in [2.24, 2.45) is 71.0 Å². The van der Waals surface area contributed by atoms with Gasteiger partial charge in [-0.1, -0.05) is 86.3 Å². The quantitative estimate of drug-likeness (QED) is 0.401. The van der Waals surface area contributed by atoms with Gasteiger partial charge in [-0.05, 0) is 121 Å². The molecular weight excluding hydrogens is 460 g/mol. The van der Waals surface area contributed by atoms with E-state index < -0.39 is 0 Å². The molecule has 7 aliphatic rings. The maximum Gasteiger partial charge on any atom is 0.148 e. The fourth-order valence-corrected chi connectivity index (χ4v) is 13.6. The predicted molar refractivity (Wildman–Crippen MR) is 151 cm³/mol. The van der Waals surface area contributed by atoms with Crippen LogP contribution in [0.15, 0.2) is 60.7 Å². The molecule has 0 aliphatic heterocycles. The molecule has 0 radical (unpaired) electrons. The van der Waals surface area contributed by atoms with Crippen molar-refractivity contribution in [3.63, 3.8) is 0 Å². The van der Waals surface area contributed by atoms with E-state index in [1.165, 1.54) is 62.5 Å². The fourth-order valence-electron chi connectivity index (χ4n) is 13.6. The summed E-state index contributed by atoms with van der Waals surface area (Å²) < 4.78 is 0. The average molecular weight is 505 g/mol. The molecule has 0 N–H and O–H groups in total. The van der Waals surface area contributed by atoms with E-state index in [0.717, 1.165) is 59.2 Å². The normalized spacial score (nSPS) is 50.2. The largest absolute Gasteiger partial charge is 0.298 e. The van der Waals surface area contributed by atoms with Crippen molar-refractivity contribution < 1.29 is 4.79 Å². The molecule has 9 rings (SSSR count). The molecule has 0 heterocycles. The van der Waals surface area contributed by atoms with Crippen LogP contribution in [-0.4, -0.2) is 5.78 Å². The van der Waals surface area contributed by atoms with E-state index in [9.17, 15) is 4.79 Å². The monoisotopic (exact) mass is 504 g/mol. The summed E-state index contributed by atoms with van der Waals surface area (Å²) in [7, 11) is 0. The Labute approximate surface area is 229 Å². The van der Waals surface area contributed by atoms with Crippen LogP contribution in [0.4, 0.5) is 0 Å². The summed E-state index contributed by atoms with van der Waals surface area (Å²) in [6.45, 7) is 0. The first-order chi connectivity index (χ1) is 18.8. The molecule has 0 aromatic heterocycles. The molecule has 0 saturated heterocycles. The van der Waals surface area contributed by atoms with Crippen LogP contribution in [0.25, 0.3) is 0 Å². The Morgan fingerprint density at radius 1 is 0.421 bits per heavy atom. The van der Waals surface area contributed by atoms with Gasteiger partial charge in [-0.2, -0.15) is 0 Å². The molecular formula is C37H44O. The lowest BCUT2D eigenvalue weighted by Crippen LogP contribution is -2.58. The SMILES string of the molecule is O=C1C(c2ccccc2)C2C3CCC4C5CCCC6CCCC(C7CCC(C2C1c1ccccc1)C3C47)C65. The Balaban J connectivity index is 1.16. The van der Waals surface area contributed by atoms with E-state index in [1.54, 1.807) is 12.8 Å². The topological polar surface area (TPSA) is 17.1 Å². The van der Waals surface area contributed by atoms with Crippen molar-refractivity contribution in [3.8, 4) is 0 Å². The minimum absolute atomic E-state index is 0.113. The van der Waals surface area contributed by atoms with Gasteiger partial charge in [0.25, 0.3) is 0 Å². The highest BCUT2D eigenvalue weighted by Crippen LogP contribution is 2.74. The third-order valence-corrected chi connectivity index (χ3v) is 14.1. The Bertz CT molecular complexity index is 1110. The average Bonchev–Trinajstić information content (AvgIpc) is 3.46. The molecule has 2 aromatic rings. The van der Waals surface area contributed by atoms with Crippen LogP contribution >= 0.6 is 0 Å². The first-order valence-electron chi connectivity index (χ1n) is 16.4. The van der Waals surface area contributed by atoms with Gasteiger partial charge in [0.15, 0.2) is 0 Å². The number of benzene rings is 2. The van der Waals surface area contributed by atoms with Gasteiger partial charge in [-0.25, -0.2) is 0 Å². The van der Waals surface area contributed by atoms with E-state index in [4.69, 9.17) is 0 Å². The van der Waals surface area contributed by atoms with Gasteiger partial charge in [0.2, 0.25) is 0 Å². The van der Waals surface area contributed by atoms with Gasteiger partial charge in [0.05, 0.1) is 0 Å². The smallest absolute Gasteiger partial charge is 0.148 e. The summed E-state index contributed by atoms with van der Waals surface area (Å²) in [5.41, 5.74) is 2.63. The molecule has 7 fully saturated rings. The Hall–Kier alpha value is -1.89. The maximum absolute atomic E-state index is 14.5. The summed E-state index contributed by atoms with van der Waals surface area (Å²) in [6, 6.07) is 22.0. The standard InChI is InChI=1S/C37H44O/c38-37-31(22-9-3-1-4-10-22)35-28-19-17-26-24-15-7-13-21-14-8-16-25(30(21)24)27-18-20-29(34(28)33(26)27)36(35)32(37)23-11-5-2-6-12-23/h1-6,9-12,21,24-36H,7-8,13-20H2. The number of fused-ring (bicyclic) bond motifs is 5. The number of hydrogen-bond donors (Lipinski definition) is 0. The molecule has 0 bridgehead atoms. The van der Waals surface area contributed by atoms with Crippen LogP contribution in [0.1, 0.15) is 87.2 Å². The molecule has 10 atom stereocenters. The second-order valence-electron chi connectivity index (χ2n) is 14.8. The van der Waals surface area contributed by atoms with Gasteiger partial charge >= 0.3 is 0 Å². The van der Waals surface area contributed by atoms with Crippen LogP contribution in [-0.2, 0) is 4.79 Å². The predicted octanol–water partition coefficient (Wildman–Crippen LogP) is 8.51. The molecule has 7 saturated carbocycles. The van der Waals surface area contributed by atoms with E-state index in [2.05, 4.69) is 60.7 Å². The molecule has 38 heavy (non-hydrogen) atoms. The zero-order valence-electron chi connectivity index (χ0n) is 22.8. The van der Waals surface area contributed by atoms with Gasteiger partial charge in [-0.3, -0.25) is 4.79 Å². The molecule has 10 unspecified atom stereocenters. The minimum atomic E-state index is 0.113. The second-order valence-corrected chi connectivity index (χ2v) is 14.8. The first-order valence-corrected chi connectivity index (χ1v) is 16.4. The summed E-state index contributed by atoms with van der Waals surface area (Å²) in [4.78, 5) is 14.5. The zero-order valence-corrected chi connectivity index (χ0v) is 22.8. The molecule has 1 heteroatoms. The van der Waals surface area contributed by atoms with Crippen molar-refractivity contribution >= 4 is 5.78 Å². The van der Waals surface area contributed by atoms with Crippen molar-refractivity contribution in [3.05, 3.63) is 71.8 Å². The maximum atomic E-state index is 14.5. The zero-order chi connectivity index (χ0) is 25.0. The van der Waals surface area contributed by atoms with Crippen molar-refractivity contribution in [1.82, 2.24) is 0 Å². The van der Waals surface area contributed by atoms with E-state index in [1.807, 2.05) is 0 Å². The van der Waals surface area contributed by atoms with E-state index in [-0.39, 0.29) is 11.8 Å². The lowest BCUT2D eigenvalue weighted by atomic mass is 9.41. The van der Waals surface area contributed by atoms with E-state index >= 15 is 0 Å². The Morgan fingerprint density at radius 3 is 1.34 bits per heavy atom. The van der Waals surface area contributed by atoms with Crippen molar-refractivity contribution in [2.75, 3.05) is 0 Å². The molecule has 0 amide bonds. The lowest BCUT2D eigenvalue weighted by molar-refractivity contribution is -0.157. The number of carbonyl (C=O) groups is 1. The number of hydrogen-bond acceptors (Lipinski definition) is 1. The van der Waals surface area contributed by atoms with Gasteiger partial charge in [0.1, 0.15) is 5.78 Å². The number of Topliss-reactive ketones (excluding diaryl/α,β-unsaturated/α-hetero) is 1.